The zero-order valence-electron chi connectivity index (χ0n) is 15.5. The summed E-state index contributed by atoms with van der Waals surface area (Å²) in [6.07, 6.45) is 7.83. The molecule has 0 radical (unpaired) electrons. The minimum Gasteiger partial charge on any atom is -0.493 e. The van der Waals surface area contributed by atoms with E-state index in [9.17, 15) is 4.79 Å². The van der Waals surface area contributed by atoms with Gasteiger partial charge in [0.1, 0.15) is 5.75 Å². The molecule has 1 aromatic heterocycles. The summed E-state index contributed by atoms with van der Waals surface area (Å²) in [5.41, 5.74) is 4.49. The number of unbranched alkanes of at least 4 members (excludes halogenated alkanes) is 1. The predicted molar refractivity (Wildman–Crippen MR) is 113 cm³/mol. The van der Waals surface area contributed by atoms with Crippen LogP contribution in [-0.2, 0) is 11.2 Å². The highest BCUT2D eigenvalue weighted by Gasteiger charge is 2.07. The molecule has 0 aliphatic rings. The van der Waals surface area contributed by atoms with Gasteiger partial charge in [-0.3, -0.25) is 4.79 Å². The fourth-order valence-corrected chi connectivity index (χ4v) is 3.43. The second kappa shape index (κ2) is 9.88. The largest absolute Gasteiger partial charge is 0.493 e. The summed E-state index contributed by atoms with van der Waals surface area (Å²) in [5, 5.41) is 2.95. The lowest BCUT2D eigenvalue weighted by Gasteiger charge is -2.08. The summed E-state index contributed by atoms with van der Waals surface area (Å²) in [6, 6.07) is 13.5. The number of allylic oxidation sites excluding steroid dienone is 1. The van der Waals surface area contributed by atoms with Gasteiger partial charge >= 0.3 is 0 Å². The molecule has 140 valence electrons. The molecule has 5 heteroatoms. The number of carbonyl (C=O) groups excluding carboxylic acids is 1. The van der Waals surface area contributed by atoms with E-state index in [1.165, 1.54) is 6.42 Å². The van der Waals surface area contributed by atoms with Crippen LogP contribution in [0.2, 0.25) is 0 Å². The zero-order chi connectivity index (χ0) is 18.9. The Bertz CT molecular complexity index is 917. The standard InChI is InChI=1S/C22H24N2O2S/c1-2-3-4-5-6-12-26-19-9-7-8-17(13-19)14-22(25)24-18-10-11-20-21(15-18)27-16-23-20/h4-5,7-11,13,15-16H,2-3,6,12,14H2,1H3,(H,24,25). The Hall–Kier alpha value is -2.66. The van der Waals surface area contributed by atoms with Crippen molar-refractivity contribution < 1.29 is 9.53 Å². The van der Waals surface area contributed by atoms with E-state index in [-0.39, 0.29) is 5.91 Å². The number of carbonyl (C=O) groups is 1. The Morgan fingerprint density at radius 1 is 1.19 bits per heavy atom. The molecule has 0 bridgehead atoms. The topological polar surface area (TPSA) is 51.2 Å². The van der Waals surface area contributed by atoms with E-state index in [0.717, 1.165) is 40.1 Å². The van der Waals surface area contributed by atoms with Gasteiger partial charge < -0.3 is 10.1 Å². The van der Waals surface area contributed by atoms with Crippen molar-refractivity contribution in [2.24, 2.45) is 0 Å². The molecule has 0 atom stereocenters. The number of rotatable bonds is 9. The Balaban J connectivity index is 1.51. The van der Waals surface area contributed by atoms with E-state index in [2.05, 4.69) is 29.4 Å². The third-order valence-electron chi connectivity index (χ3n) is 4.05. The van der Waals surface area contributed by atoms with Gasteiger partial charge in [0.05, 0.1) is 28.8 Å². The SMILES string of the molecule is CCCC=CCCOc1cccc(CC(=O)Nc2ccc3ncsc3c2)c1. The summed E-state index contributed by atoms with van der Waals surface area (Å²) < 4.78 is 6.84. The molecule has 0 saturated carbocycles. The van der Waals surface area contributed by atoms with Gasteiger partial charge in [0.25, 0.3) is 0 Å². The monoisotopic (exact) mass is 380 g/mol. The van der Waals surface area contributed by atoms with Crippen molar-refractivity contribution in [3.63, 3.8) is 0 Å². The van der Waals surface area contributed by atoms with Gasteiger partial charge in [0.2, 0.25) is 5.91 Å². The lowest BCUT2D eigenvalue weighted by molar-refractivity contribution is -0.115. The van der Waals surface area contributed by atoms with E-state index in [0.29, 0.717) is 13.0 Å². The molecule has 0 aliphatic heterocycles. The van der Waals surface area contributed by atoms with Gasteiger partial charge in [0, 0.05) is 5.69 Å². The van der Waals surface area contributed by atoms with Crippen molar-refractivity contribution in [2.45, 2.75) is 32.6 Å². The van der Waals surface area contributed by atoms with Crippen LogP contribution in [0.25, 0.3) is 10.2 Å². The number of ether oxygens (including phenoxy) is 1. The number of nitrogens with one attached hydrogen (secondary N) is 1. The van der Waals surface area contributed by atoms with Crippen molar-refractivity contribution in [1.29, 1.82) is 0 Å². The van der Waals surface area contributed by atoms with Crippen LogP contribution in [0.1, 0.15) is 31.7 Å². The van der Waals surface area contributed by atoms with Crippen molar-refractivity contribution in [3.05, 3.63) is 65.7 Å². The quantitative estimate of drug-likeness (QED) is 0.388. The number of benzene rings is 2. The number of fused-ring (bicyclic) bond motifs is 1. The second-order valence-electron chi connectivity index (χ2n) is 6.30. The van der Waals surface area contributed by atoms with Crippen molar-refractivity contribution >= 4 is 33.1 Å². The molecule has 4 nitrogen and oxygen atoms in total. The van der Waals surface area contributed by atoms with E-state index in [4.69, 9.17) is 4.74 Å². The Morgan fingerprint density at radius 2 is 2.07 bits per heavy atom. The van der Waals surface area contributed by atoms with Crippen LogP contribution in [0.5, 0.6) is 5.75 Å². The third-order valence-corrected chi connectivity index (χ3v) is 4.85. The summed E-state index contributed by atoms with van der Waals surface area (Å²) >= 11 is 1.56. The first kappa shape index (κ1) is 19.1. The number of aromatic nitrogens is 1. The Labute approximate surface area is 163 Å². The maximum absolute atomic E-state index is 12.4. The van der Waals surface area contributed by atoms with Crippen LogP contribution in [0.15, 0.2) is 60.1 Å². The third kappa shape index (κ3) is 5.93. The summed E-state index contributed by atoms with van der Waals surface area (Å²) in [5.74, 6) is 0.758. The molecule has 3 aromatic rings. The molecule has 3 rings (SSSR count). The fourth-order valence-electron chi connectivity index (χ4n) is 2.72. The van der Waals surface area contributed by atoms with E-state index in [1.807, 2.05) is 42.5 Å². The number of amides is 1. The van der Waals surface area contributed by atoms with Crippen LogP contribution >= 0.6 is 11.3 Å². The first-order valence-electron chi connectivity index (χ1n) is 9.24. The second-order valence-corrected chi connectivity index (χ2v) is 7.19. The highest BCUT2D eigenvalue weighted by molar-refractivity contribution is 7.16. The van der Waals surface area contributed by atoms with Crippen LogP contribution < -0.4 is 10.1 Å². The van der Waals surface area contributed by atoms with Crippen molar-refractivity contribution in [2.75, 3.05) is 11.9 Å². The molecule has 1 N–H and O–H groups in total. The predicted octanol–water partition coefficient (Wildman–Crippen LogP) is 5.60. The molecule has 1 heterocycles. The number of thiazole rings is 1. The summed E-state index contributed by atoms with van der Waals surface area (Å²) in [6.45, 7) is 2.81. The Morgan fingerprint density at radius 3 is 2.96 bits per heavy atom. The zero-order valence-corrected chi connectivity index (χ0v) is 16.3. The summed E-state index contributed by atoms with van der Waals surface area (Å²) in [7, 11) is 0. The van der Waals surface area contributed by atoms with Crippen molar-refractivity contribution in [1.82, 2.24) is 4.98 Å². The molecular weight excluding hydrogens is 356 g/mol. The average Bonchev–Trinajstić information content (AvgIpc) is 3.12. The van der Waals surface area contributed by atoms with Gasteiger partial charge in [-0.2, -0.15) is 0 Å². The Kier molecular flexibility index (Phi) is 6.99. The number of nitrogens with zero attached hydrogens (tertiary/aromatic N) is 1. The molecule has 2 aromatic carbocycles. The number of hydrogen-bond acceptors (Lipinski definition) is 4. The maximum Gasteiger partial charge on any atom is 0.228 e. The van der Waals surface area contributed by atoms with Gasteiger partial charge in [-0.05, 0) is 48.7 Å². The highest BCUT2D eigenvalue weighted by atomic mass is 32.1. The molecule has 0 spiro atoms. The smallest absolute Gasteiger partial charge is 0.228 e. The molecule has 0 unspecified atom stereocenters. The molecule has 27 heavy (non-hydrogen) atoms. The van der Waals surface area contributed by atoms with Gasteiger partial charge in [-0.1, -0.05) is 37.6 Å². The normalized spacial score (nSPS) is 11.1. The average molecular weight is 381 g/mol. The molecule has 1 amide bonds. The van der Waals surface area contributed by atoms with E-state index >= 15 is 0 Å². The van der Waals surface area contributed by atoms with Crippen LogP contribution in [0, 0.1) is 0 Å². The van der Waals surface area contributed by atoms with Gasteiger partial charge in [-0.15, -0.1) is 11.3 Å². The van der Waals surface area contributed by atoms with Crippen LogP contribution in [0.3, 0.4) is 0 Å². The lowest BCUT2D eigenvalue weighted by Crippen LogP contribution is -2.14. The van der Waals surface area contributed by atoms with Crippen LogP contribution in [-0.4, -0.2) is 17.5 Å². The first-order chi connectivity index (χ1) is 13.2. The minimum atomic E-state index is -0.0430. The lowest BCUT2D eigenvalue weighted by atomic mass is 10.1. The van der Waals surface area contributed by atoms with Gasteiger partial charge in [-0.25, -0.2) is 4.98 Å². The highest BCUT2D eigenvalue weighted by Crippen LogP contribution is 2.22. The maximum atomic E-state index is 12.4. The molecule has 0 aliphatic carbocycles. The van der Waals surface area contributed by atoms with Crippen LogP contribution in [0.4, 0.5) is 5.69 Å². The molecule has 0 saturated heterocycles. The summed E-state index contributed by atoms with van der Waals surface area (Å²) in [4.78, 5) is 16.6. The molecular formula is C22H24N2O2S. The minimum absolute atomic E-state index is 0.0430. The first-order valence-corrected chi connectivity index (χ1v) is 10.1. The number of anilines is 1. The molecule has 0 fully saturated rings. The number of hydrogen-bond donors (Lipinski definition) is 1. The van der Waals surface area contributed by atoms with E-state index in [1.54, 1.807) is 16.8 Å². The fraction of sp³-hybridized carbons (Fsp3) is 0.273. The van der Waals surface area contributed by atoms with E-state index < -0.39 is 0 Å². The van der Waals surface area contributed by atoms with Gasteiger partial charge in [0.15, 0.2) is 0 Å². The van der Waals surface area contributed by atoms with Crippen molar-refractivity contribution in [3.8, 4) is 5.75 Å².